The van der Waals surface area contributed by atoms with Gasteiger partial charge in [0.05, 0.1) is 18.2 Å². The van der Waals surface area contributed by atoms with Crippen molar-refractivity contribution in [3.8, 4) is 0 Å². The van der Waals surface area contributed by atoms with Crippen LogP contribution in [0.5, 0.6) is 0 Å². The molecule has 1 unspecified atom stereocenters. The van der Waals surface area contributed by atoms with Gasteiger partial charge in [0.15, 0.2) is 0 Å². The molecule has 0 aliphatic carbocycles. The van der Waals surface area contributed by atoms with Gasteiger partial charge in [-0.15, -0.1) is 0 Å². The molecule has 1 fully saturated rings. The van der Waals surface area contributed by atoms with Gasteiger partial charge in [0.1, 0.15) is 5.76 Å². The zero-order valence-corrected chi connectivity index (χ0v) is 17.1. The number of carbonyl (C=O) groups is 2. The predicted octanol–water partition coefficient (Wildman–Crippen LogP) is 3.88. The number of hydrogen-bond donors (Lipinski definition) is 1. The summed E-state index contributed by atoms with van der Waals surface area (Å²) in [5.74, 6) is -1.42. The molecule has 1 heterocycles. The van der Waals surface area contributed by atoms with E-state index >= 15 is 0 Å². The summed E-state index contributed by atoms with van der Waals surface area (Å²) in [5, 5.41) is 11.0. The second-order valence-corrected chi connectivity index (χ2v) is 7.13. The molecule has 1 N–H and O–H groups in total. The largest absolute Gasteiger partial charge is 0.507 e. The van der Waals surface area contributed by atoms with Gasteiger partial charge < -0.3 is 14.7 Å². The van der Waals surface area contributed by atoms with Crippen LogP contribution in [0.2, 0.25) is 0 Å². The first kappa shape index (κ1) is 20.8. The number of ether oxygens (including phenoxy) is 1. The molecule has 1 aliphatic heterocycles. The van der Waals surface area contributed by atoms with Crippen LogP contribution < -0.4 is 0 Å². The van der Waals surface area contributed by atoms with Gasteiger partial charge in [-0.1, -0.05) is 62.4 Å². The fourth-order valence-corrected chi connectivity index (χ4v) is 3.64. The third-order valence-electron chi connectivity index (χ3n) is 5.42. The van der Waals surface area contributed by atoms with Crippen molar-refractivity contribution in [2.45, 2.75) is 32.7 Å². The van der Waals surface area contributed by atoms with Gasteiger partial charge in [0.2, 0.25) is 0 Å². The zero-order chi connectivity index (χ0) is 21.0. The van der Waals surface area contributed by atoms with Gasteiger partial charge in [-0.2, -0.15) is 0 Å². The summed E-state index contributed by atoms with van der Waals surface area (Å²) in [5.41, 5.74) is 3.75. The van der Waals surface area contributed by atoms with Crippen molar-refractivity contribution in [3.05, 3.63) is 76.4 Å². The number of ketones is 1. The lowest BCUT2D eigenvalue weighted by molar-refractivity contribution is -0.140. The van der Waals surface area contributed by atoms with E-state index in [-0.39, 0.29) is 17.9 Å². The minimum Gasteiger partial charge on any atom is -0.507 e. The van der Waals surface area contributed by atoms with Gasteiger partial charge in [0, 0.05) is 19.2 Å². The van der Waals surface area contributed by atoms with Gasteiger partial charge >= 0.3 is 0 Å². The van der Waals surface area contributed by atoms with Crippen LogP contribution in [0.25, 0.3) is 5.76 Å². The minimum atomic E-state index is -0.664. The Kier molecular flexibility index (Phi) is 6.49. The molecule has 152 valence electrons. The summed E-state index contributed by atoms with van der Waals surface area (Å²) in [4.78, 5) is 27.1. The Morgan fingerprint density at radius 2 is 1.52 bits per heavy atom. The van der Waals surface area contributed by atoms with E-state index in [0.717, 1.165) is 29.5 Å². The summed E-state index contributed by atoms with van der Waals surface area (Å²) in [6.45, 7) is 4.70. The lowest BCUT2D eigenvalue weighted by atomic mass is 9.94. The molecule has 29 heavy (non-hydrogen) atoms. The van der Waals surface area contributed by atoms with E-state index < -0.39 is 17.7 Å². The van der Waals surface area contributed by atoms with E-state index in [1.165, 1.54) is 4.90 Å². The van der Waals surface area contributed by atoms with E-state index in [0.29, 0.717) is 12.2 Å². The van der Waals surface area contributed by atoms with E-state index in [9.17, 15) is 14.7 Å². The molecule has 0 spiro atoms. The molecule has 1 amide bonds. The Morgan fingerprint density at radius 3 is 2.03 bits per heavy atom. The number of methoxy groups -OCH3 is 1. The Bertz CT molecular complexity index is 913. The third-order valence-corrected chi connectivity index (χ3v) is 5.42. The molecule has 2 aromatic carbocycles. The van der Waals surface area contributed by atoms with E-state index in [1.54, 1.807) is 19.2 Å². The number of aliphatic hydroxyl groups excluding tert-OH is 1. The van der Waals surface area contributed by atoms with Crippen LogP contribution >= 0.6 is 0 Å². The molecule has 5 nitrogen and oxygen atoms in total. The fourth-order valence-electron chi connectivity index (χ4n) is 3.64. The van der Waals surface area contributed by atoms with Gasteiger partial charge in [-0.05, 0) is 29.5 Å². The number of amides is 1. The first-order chi connectivity index (χ1) is 14.0. The van der Waals surface area contributed by atoms with Crippen molar-refractivity contribution < 1.29 is 19.4 Å². The van der Waals surface area contributed by atoms with Crippen LogP contribution in [0.3, 0.4) is 0 Å². The van der Waals surface area contributed by atoms with Crippen LogP contribution in [0, 0.1) is 0 Å². The zero-order valence-electron chi connectivity index (χ0n) is 17.1. The minimum absolute atomic E-state index is 0.125. The monoisotopic (exact) mass is 393 g/mol. The Hall–Kier alpha value is -2.92. The molecule has 2 aromatic rings. The van der Waals surface area contributed by atoms with Crippen molar-refractivity contribution in [2.24, 2.45) is 0 Å². The molecule has 0 saturated carbocycles. The lowest BCUT2D eigenvalue weighted by Crippen LogP contribution is -2.32. The van der Waals surface area contributed by atoms with Crippen molar-refractivity contribution >= 4 is 17.4 Å². The fraction of sp³-hybridized carbons (Fsp3) is 0.333. The van der Waals surface area contributed by atoms with Crippen molar-refractivity contribution in [1.29, 1.82) is 0 Å². The summed E-state index contributed by atoms with van der Waals surface area (Å²) in [6.07, 6.45) is 1.78. The maximum atomic E-state index is 12.9. The molecule has 1 saturated heterocycles. The number of carbonyl (C=O) groups excluding carboxylic acids is 2. The van der Waals surface area contributed by atoms with E-state index in [4.69, 9.17) is 4.74 Å². The highest BCUT2D eigenvalue weighted by atomic mass is 16.5. The maximum Gasteiger partial charge on any atom is 0.295 e. The number of hydrogen-bond acceptors (Lipinski definition) is 4. The average molecular weight is 393 g/mol. The topological polar surface area (TPSA) is 66.8 Å². The smallest absolute Gasteiger partial charge is 0.295 e. The highest BCUT2D eigenvalue weighted by molar-refractivity contribution is 6.46. The number of rotatable bonds is 7. The van der Waals surface area contributed by atoms with Crippen molar-refractivity contribution in [1.82, 2.24) is 4.90 Å². The molecule has 1 atom stereocenters. The third kappa shape index (κ3) is 4.10. The van der Waals surface area contributed by atoms with Crippen molar-refractivity contribution in [3.63, 3.8) is 0 Å². The molecule has 0 aromatic heterocycles. The van der Waals surface area contributed by atoms with Crippen LogP contribution in [-0.4, -0.2) is 42.0 Å². The lowest BCUT2D eigenvalue weighted by Gasteiger charge is -2.25. The summed E-state index contributed by atoms with van der Waals surface area (Å²) < 4.78 is 5.13. The number of aliphatic hydroxyl groups is 1. The van der Waals surface area contributed by atoms with Gasteiger partial charge in [-0.3, -0.25) is 9.59 Å². The van der Waals surface area contributed by atoms with Crippen LogP contribution in [0.4, 0.5) is 0 Å². The first-order valence-electron chi connectivity index (χ1n) is 9.97. The van der Waals surface area contributed by atoms with Gasteiger partial charge in [0.25, 0.3) is 11.7 Å². The number of likely N-dealkylation sites (tertiary alicyclic amines) is 1. The molecular weight excluding hydrogens is 366 g/mol. The van der Waals surface area contributed by atoms with Crippen LogP contribution in [-0.2, 0) is 27.2 Å². The number of benzene rings is 2. The molecule has 0 radical (unpaired) electrons. The summed E-state index contributed by atoms with van der Waals surface area (Å²) in [7, 11) is 1.55. The van der Waals surface area contributed by atoms with Crippen LogP contribution in [0.15, 0.2) is 54.1 Å². The Morgan fingerprint density at radius 1 is 0.966 bits per heavy atom. The number of Topliss-reactive ketones (excluding diaryl/α,β-unsaturated/α-hetero) is 1. The Balaban J connectivity index is 2.11. The number of aryl methyl sites for hydroxylation is 2. The predicted molar refractivity (Wildman–Crippen MR) is 113 cm³/mol. The van der Waals surface area contributed by atoms with Gasteiger partial charge in [-0.25, -0.2) is 0 Å². The maximum absolute atomic E-state index is 12.9. The average Bonchev–Trinajstić information content (AvgIpc) is 3.02. The quantitative estimate of drug-likeness (QED) is 0.440. The first-order valence-corrected chi connectivity index (χ1v) is 9.97. The molecule has 3 rings (SSSR count). The summed E-state index contributed by atoms with van der Waals surface area (Å²) in [6, 6.07) is 14.6. The SMILES string of the molecule is CCc1ccc(/C(O)=C2/C(=O)C(=O)N(CCOC)C2c2ccc(CC)cc2)cc1. The second-order valence-electron chi connectivity index (χ2n) is 7.13. The molecule has 1 aliphatic rings. The summed E-state index contributed by atoms with van der Waals surface area (Å²) >= 11 is 0. The van der Waals surface area contributed by atoms with E-state index in [2.05, 4.69) is 13.8 Å². The molecular formula is C24H27NO4. The van der Waals surface area contributed by atoms with Crippen LogP contribution in [0.1, 0.15) is 42.1 Å². The number of nitrogens with zero attached hydrogens (tertiary/aromatic N) is 1. The van der Waals surface area contributed by atoms with Crippen molar-refractivity contribution in [2.75, 3.05) is 20.3 Å². The van der Waals surface area contributed by atoms with E-state index in [1.807, 2.05) is 36.4 Å². The second kappa shape index (κ2) is 9.05. The molecule has 5 heteroatoms. The highest BCUT2D eigenvalue weighted by Crippen LogP contribution is 2.39. The standard InChI is InChI=1S/C24H27NO4/c1-4-16-6-10-18(11-7-16)21-20(23(27)24(28)25(21)14-15-29-3)22(26)19-12-8-17(5-2)9-13-19/h6-13,21,26H,4-5,14-15H2,1-3H3/b22-20-. The molecule has 0 bridgehead atoms. The highest BCUT2D eigenvalue weighted by Gasteiger charge is 2.45. The normalized spacial score (nSPS) is 18.4. The Labute approximate surface area is 171 Å².